The lowest BCUT2D eigenvalue weighted by Crippen LogP contribution is -2.55. The minimum Gasteiger partial charge on any atom is -0.489 e. The van der Waals surface area contributed by atoms with Crippen molar-refractivity contribution in [3.8, 4) is 5.75 Å². The van der Waals surface area contributed by atoms with Crippen molar-refractivity contribution >= 4 is 11.6 Å². The van der Waals surface area contributed by atoms with Gasteiger partial charge in [-0.3, -0.25) is 0 Å². The van der Waals surface area contributed by atoms with Crippen LogP contribution < -0.4 is 4.74 Å². The van der Waals surface area contributed by atoms with Gasteiger partial charge >= 0.3 is 0 Å². The molecule has 2 fully saturated rings. The highest BCUT2D eigenvalue weighted by atomic mass is 35.5. The van der Waals surface area contributed by atoms with Gasteiger partial charge in [-0.1, -0.05) is 38.8 Å². The number of alkyl halides is 1. The molecule has 2 aliphatic carbocycles. The largest absolute Gasteiger partial charge is 0.489 e. The maximum Gasteiger partial charge on any atom is 0.122 e. The third-order valence-electron chi connectivity index (χ3n) is 5.37. The standard InChI is InChI=1S/C18H25ClO/c1-12(2)14-7-6-13(3)15(10-14)20-17-11-16(19)18(17)8-4-5-9-18/h6-7,10,12,16-17H,4-5,8-9,11H2,1-3H3. The molecule has 1 spiro atoms. The fraction of sp³-hybridized carbons (Fsp3) is 0.667. The van der Waals surface area contributed by atoms with Crippen molar-refractivity contribution in [2.45, 2.75) is 70.3 Å². The summed E-state index contributed by atoms with van der Waals surface area (Å²) in [5, 5.41) is 0.323. The highest BCUT2D eigenvalue weighted by molar-refractivity contribution is 6.21. The van der Waals surface area contributed by atoms with E-state index in [2.05, 4.69) is 39.0 Å². The Bertz CT molecular complexity index is 488. The van der Waals surface area contributed by atoms with Crippen LogP contribution in [0.5, 0.6) is 5.75 Å². The topological polar surface area (TPSA) is 9.23 Å². The zero-order chi connectivity index (χ0) is 14.3. The first kappa shape index (κ1) is 14.3. The third kappa shape index (κ3) is 2.24. The van der Waals surface area contributed by atoms with Crippen LogP contribution in [-0.2, 0) is 0 Å². The van der Waals surface area contributed by atoms with Crippen molar-refractivity contribution in [1.82, 2.24) is 0 Å². The van der Waals surface area contributed by atoms with Gasteiger partial charge in [0.25, 0.3) is 0 Å². The molecule has 0 radical (unpaired) electrons. The molecule has 2 saturated carbocycles. The van der Waals surface area contributed by atoms with Crippen molar-refractivity contribution in [3.05, 3.63) is 29.3 Å². The van der Waals surface area contributed by atoms with Crippen molar-refractivity contribution in [3.63, 3.8) is 0 Å². The Labute approximate surface area is 127 Å². The Morgan fingerprint density at radius 2 is 1.95 bits per heavy atom. The summed E-state index contributed by atoms with van der Waals surface area (Å²) in [5.41, 5.74) is 2.86. The minimum atomic E-state index is 0.266. The van der Waals surface area contributed by atoms with E-state index in [1.54, 1.807) is 0 Å². The van der Waals surface area contributed by atoms with Crippen LogP contribution in [0.1, 0.15) is 63.0 Å². The Morgan fingerprint density at radius 1 is 1.25 bits per heavy atom. The maximum absolute atomic E-state index is 6.51. The van der Waals surface area contributed by atoms with Crippen molar-refractivity contribution < 1.29 is 4.74 Å². The van der Waals surface area contributed by atoms with E-state index in [4.69, 9.17) is 16.3 Å². The predicted molar refractivity (Wildman–Crippen MR) is 84.8 cm³/mol. The van der Waals surface area contributed by atoms with Crippen LogP contribution in [0.15, 0.2) is 18.2 Å². The van der Waals surface area contributed by atoms with E-state index in [0.29, 0.717) is 17.4 Å². The summed E-state index contributed by atoms with van der Waals surface area (Å²) in [6.45, 7) is 6.59. The number of halogens is 1. The summed E-state index contributed by atoms with van der Waals surface area (Å²) in [4.78, 5) is 0. The first-order chi connectivity index (χ1) is 9.53. The van der Waals surface area contributed by atoms with Gasteiger partial charge in [-0.25, -0.2) is 0 Å². The van der Waals surface area contributed by atoms with Crippen molar-refractivity contribution in [2.24, 2.45) is 5.41 Å². The number of rotatable bonds is 3. The molecule has 0 saturated heterocycles. The van der Waals surface area contributed by atoms with Gasteiger partial charge in [0.05, 0.1) is 0 Å². The Balaban J connectivity index is 1.80. The summed E-state index contributed by atoms with van der Waals surface area (Å²) in [7, 11) is 0. The van der Waals surface area contributed by atoms with E-state index in [-0.39, 0.29) is 5.41 Å². The molecule has 1 nitrogen and oxygen atoms in total. The third-order valence-corrected chi connectivity index (χ3v) is 5.98. The average Bonchev–Trinajstić information content (AvgIpc) is 2.92. The van der Waals surface area contributed by atoms with Gasteiger partial charge in [0, 0.05) is 17.2 Å². The van der Waals surface area contributed by atoms with Crippen LogP contribution in [-0.4, -0.2) is 11.5 Å². The summed E-state index contributed by atoms with van der Waals surface area (Å²) >= 11 is 6.51. The summed E-state index contributed by atoms with van der Waals surface area (Å²) in [6.07, 6.45) is 6.45. The van der Waals surface area contributed by atoms with Gasteiger partial charge in [-0.15, -0.1) is 11.6 Å². The molecule has 0 amide bonds. The van der Waals surface area contributed by atoms with Gasteiger partial charge in [0.1, 0.15) is 11.9 Å². The summed E-state index contributed by atoms with van der Waals surface area (Å²) < 4.78 is 6.40. The molecule has 1 aromatic rings. The predicted octanol–water partition coefficient (Wildman–Crippen LogP) is 5.44. The number of hydrogen-bond acceptors (Lipinski definition) is 1. The highest BCUT2D eigenvalue weighted by Gasteiger charge is 2.57. The first-order valence-corrected chi connectivity index (χ1v) is 8.38. The van der Waals surface area contributed by atoms with Crippen LogP contribution in [0, 0.1) is 12.3 Å². The quantitative estimate of drug-likeness (QED) is 0.674. The second-order valence-corrected chi connectivity index (χ2v) is 7.46. The van der Waals surface area contributed by atoms with Gasteiger partial charge in [0.2, 0.25) is 0 Å². The zero-order valence-corrected chi connectivity index (χ0v) is 13.5. The minimum absolute atomic E-state index is 0.266. The fourth-order valence-electron chi connectivity index (χ4n) is 3.79. The van der Waals surface area contributed by atoms with Gasteiger partial charge in [-0.05, 0) is 42.9 Å². The van der Waals surface area contributed by atoms with Crippen molar-refractivity contribution in [1.29, 1.82) is 0 Å². The molecule has 2 heteroatoms. The first-order valence-electron chi connectivity index (χ1n) is 7.94. The summed E-state index contributed by atoms with van der Waals surface area (Å²) in [5.74, 6) is 1.61. The molecule has 20 heavy (non-hydrogen) atoms. The normalized spacial score (nSPS) is 27.9. The molecular formula is C18H25ClO. The number of hydrogen-bond donors (Lipinski definition) is 0. The fourth-order valence-corrected chi connectivity index (χ4v) is 4.31. The molecule has 2 unspecified atom stereocenters. The molecule has 0 N–H and O–H groups in total. The lowest BCUT2D eigenvalue weighted by atomic mass is 9.64. The highest BCUT2D eigenvalue weighted by Crippen LogP contribution is 2.57. The van der Waals surface area contributed by atoms with Crippen LogP contribution in [0.2, 0.25) is 0 Å². The van der Waals surface area contributed by atoms with E-state index in [9.17, 15) is 0 Å². The number of aryl methyl sites for hydroxylation is 1. The zero-order valence-electron chi connectivity index (χ0n) is 12.8. The van der Waals surface area contributed by atoms with Gasteiger partial charge in [-0.2, -0.15) is 0 Å². The van der Waals surface area contributed by atoms with E-state index in [1.807, 2.05) is 0 Å². The molecule has 2 aliphatic rings. The molecule has 0 heterocycles. The smallest absolute Gasteiger partial charge is 0.122 e. The molecule has 110 valence electrons. The second kappa shape index (κ2) is 5.26. The Morgan fingerprint density at radius 3 is 2.55 bits per heavy atom. The molecule has 2 atom stereocenters. The summed E-state index contributed by atoms with van der Waals surface area (Å²) in [6, 6.07) is 6.62. The Kier molecular flexibility index (Phi) is 3.75. The molecule has 1 aromatic carbocycles. The van der Waals surface area contributed by atoms with E-state index in [0.717, 1.165) is 12.2 Å². The Hall–Kier alpha value is -0.690. The van der Waals surface area contributed by atoms with E-state index in [1.165, 1.54) is 36.8 Å². The van der Waals surface area contributed by atoms with Crippen LogP contribution in [0.3, 0.4) is 0 Å². The number of benzene rings is 1. The lowest BCUT2D eigenvalue weighted by molar-refractivity contribution is -0.0359. The maximum atomic E-state index is 6.51. The molecular weight excluding hydrogens is 268 g/mol. The monoisotopic (exact) mass is 292 g/mol. The average molecular weight is 293 g/mol. The second-order valence-electron chi connectivity index (χ2n) is 6.93. The van der Waals surface area contributed by atoms with Gasteiger partial charge < -0.3 is 4.74 Å². The van der Waals surface area contributed by atoms with Gasteiger partial charge in [0.15, 0.2) is 0 Å². The van der Waals surface area contributed by atoms with E-state index >= 15 is 0 Å². The van der Waals surface area contributed by atoms with Crippen LogP contribution in [0.25, 0.3) is 0 Å². The molecule has 3 rings (SSSR count). The van der Waals surface area contributed by atoms with Crippen LogP contribution in [0.4, 0.5) is 0 Å². The number of ether oxygens (including phenoxy) is 1. The molecule has 0 aliphatic heterocycles. The van der Waals surface area contributed by atoms with Crippen LogP contribution >= 0.6 is 11.6 Å². The molecule has 0 bridgehead atoms. The SMILES string of the molecule is Cc1ccc(C(C)C)cc1OC1CC(Cl)C12CCCC2. The molecule has 0 aromatic heterocycles. The lowest BCUT2D eigenvalue weighted by Gasteiger charge is -2.51. The van der Waals surface area contributed by atoms with E-state index < -0.39 is 0 Å². The van der Waals surface area contributed by atoms with Crippen molar-refractivity contribution in [2.75, 3.05) is 0 Å².